The van der Waals surface area contributed by atoms with E-state index in [0.29, 0.717) is 37.9 Å². The third-order valence-electron chi connectivity index (χ3n) is 4.75. The molecule has 2 amide bonds. The Morgan fingerprint density at radius 2 is 1.83 bits per heavy atom. The van der Waals surface area contributed by atoms with Crippen molar-refractivity contribution in [3.63, 3.8) is 0 Å². The van der Waals surface area contributed by atoms with Crippen molar-refractivity contribution in [1.82, 2.24) is 19.5 Å². The van der Waals surface area contributed by atoms with Gasteiger partial charge in [0.25, 0.3) is 0 Å². The number of rotatable bonds is 7. The number of pyridine rings is 1. The fourth-order valence-corrected chi connectivity index (χ4v) is 4.54. The lowest BCUT2D eigenvalue weighted by Gasteiger charge is -2.34. The number of carbonyl (C=O) groups is 1. The fourth-order valence-electron chi connectivity index (χ4n) is 3.12. The second-order valence-corrected chi connectivity index (χ2v) is 8.60. The first-order valence-electron chi connectivity index (χ1n) is 9.68. The van der Waals surface area contributed by atoms with E-state index in [1.807, 2.05) is 6.92 Å². The van der Waals surface area contributed by atoms with Gasteiger partial charge >= 0.3 is 6.03 Å². The summed E-state index contributed by atoms with van der Waals surface area (Å²) in [5.74, 6) is 1.11. The summed E-state index contributed by atoms with van der Waals surface area (Å²) in [6.07, 6.45) is 1.62. The first-order chi connectivity index (χ1) is 14.4. The van der Waals surface area contributed by atoms with E-state index in [-0.39, 0.29) is 24.0 Å². The third-order valence-corrected chi connectivity index (χ3v) is 6.66. The lowest BCUT2D eigenvalue weighted by Crippen LogP contribution is -2.52. The average molecular weight is 435 g/mol. The zero-order valence-corrected chi connectivity index (χ0v) is 17.9. The van der Waals surface area contributed by atoms with Crippen molar-refractivity contribution >= 4 is 16.1 Å². The number of nitrogens with one attached hydrogen (secondary N) is 1. The van der Waals surface area contributed by atoms with Crippen LogP contribution >= 0.6 is 0 Å². The number of methoxy groups -OCH3 is 1. The normalized spacial score (nSPS) is 14.9. The summed E-state index contributed by atoms with van der Waals surface area (Å²) < 4.78 is 37.5. The molecule has 1 saturated heterocycles. The highest BCUT2D eigenvalue weighted by Crippen LogP contribution is 2.21. The summed E-state index contributed by atoms with van der Waals surface area (Å²) in [5.41, 5.74) is 0.868. The van der Waals surface area contributed by atoms with Crippen molar-refractivity contribution < 1.29 is 22.7 Å². The lowest BCUT2D eigenvalue weighted by atomic mass is 10.2. The van der Waals surface area contributed by atoms with E-state index in [2.05, 4.69) is 10.3 Å². The molecule has 3 rings (SSSR count). The van der Waals surface area contributed by atoms with Gasteiger partial charge in [-0.2, -0.15) is 4.31 Å². The molecule has 1 N–H and O–H groups in total. The van der Waals surface area contributed by atoms with E-state index < -0.39 is 10.0 Å². The van der Waals surface area contributed by atoms with Crippen LogP contribution in [-0.2, 0) is 16.6 Å². The van der Waals surface area contributed by atoms with Crippen molar-refractivity contribution in [2.75, 3.05) is 39.9 Å². The molecule has 0 spiro atoms. The van der Waals surface area contributed by atoms with Gasteiger partial charge in [-0.3, -0.25) is 0 Å². The number of urea groups is 1. The number of ether oxygens (including phenoxy) is 2. The standard InChI is InChI=1S/C20H26N4O5S/c1-3-29-17-4-6-18(7-5-17)30(26,27)24-12-10-23(11-13-24)20(25)22-15-16-8-9-21-19(14-16)28-2/h4-9,14H,3,10-13,15H2,1-2H3,(H,22,25). The molecule has 0 atom stereocenters. The Morgan fingerprint density at radius 3 is 2.47 bits per heavy atom. The number of hydrogen-bond donors (Lipinski definition) is 1. The highest BCUT2D eigenvalue weighted by molar-refractivity contribution is 7.89. The van der Waals surface area contributed by atoms with Crippen molar-refractivity contribution in [1.29, 1.82) is 0 Å². The van der Waals surface area contributed by atoms with Gasteiger partial charge in [0.05, 0.1) is 18.6 Å². The topological polar surface area (TPSA) is 101 Å². The summed E-state index contributed by atoms with van der Waals surface area (Å²) in [5, 5.41) is 2.85. The largest absolute Gasteiger partial charge is 0.494 e. The summed E-state index contributed by atoms with van der Waals surface area (Å²) >= 11 is 0. The number of piperazine rings is 1. The van der Waals surface area contributed by atoms with Crippen LogP contribution in [-0.4, -0.2) is 68.5 Å². The third kappa shape index (κ3) is 5.19. The SMILES string of the molecule is CCOc1ccc(S(=O)(=O)N2CCN(C(=O)NCc3ccnc(OC)c3)CC2)cc1. The highest BCUT2D eigenvalue weighted by atomic mass is 32.2. The van der Waals surface area contributed by atoms with Crippen LogP contribution in [0.2, 0.25) is 0 Å². The minimum absolute atomic E-state index is 0.218. The Bertz CT molecular complexity index is 957. The lowest BCUT2D eigenvalue weighted by molar-refractivity contribution is 0.172. The number of amides is 2. The fraction of sp³-hybridized carbons (Fsp3) is 0.400. The molecule has 1 aliphatic heterocycles. The quantitative estimate of drug-likeness (QED) is 0.712. The molecule has 9 nitrogen and oxygen atoms in total. The maximum atomic E-state index is 12.9. The Hall–Kier alpha value is -2.85. The molecule has 1 aromatic carbocycles. The zero-order valence-electron chi connectivity index (χ0n) is 17.1. The Kier molecular flexibility index (Phi) is 7.11. The number of hydrogen-bond acceptors (Lipinski definition) is 6. The Labute approximate surface area is 176 Å². The predicted molar refractivity (Wildman–Crippen MR) is 111 cm³/mol. The Balaban J connectivity index is 1.53. The molecule has 2 aromatic rings. The monoisotopic (exact) mass is 434 g/mol. The second kappa shape index (κ2) is 9.77. The number of carbonyl (C=O) groups excluding carboxylic acids is 1. The molecule has 1 aliphatic rings. The number of sulfonamides is 1. The van der Waals surface area contributed by atoms with E-state index in [9.17, 15) is 13.2 Å². The van der Waals surface area contributed by atoms with Gasteiger partial charge in [0.15, 0.2) is 0 Å². The van der Waals surface area contributed by atoms with Gasteiger partial charge in [-0.05, 0) is 42.8 Å². The molecule has 0 unspecified atom stereocenters. The van der Waals surface area contributed by atoms with Crippen molar-refractivity contribution in [2.24, 2.45) is 0 Å². The first-order valence-corrected chi connectivity index (χ1v) is 11.1. The van der Waals surface area contributed by atoms with Gasteiger partial charge in [-0.1, -0.05) is 0 Å². The van der Waals surface area contributed by atoms with Crippen molar-refractivity contribution in [3.05, 3.63) is 48.2 Å². The van der Waals surface area contributed by atoms with Crippen LogP contribution in [0.25, 0.3) is 0 Å². The molecule has 10 heteroatoms. The predicted octanol–water partition coefficient (Wildman–Crippen LogP) is 1.70. The average Bonchev–Trinajstić information content (AvgIpc) is 2.78. The van der Waals surface area contributed by atoms with Crippen LogP contribution < -0.4 is 14.8 Å². The number of benzene rings is 1. The van der Waals surface area contributed by atoms with Crippen LogP contribution in [0.15, 0.2) is 47.5 Å². The minimum atomic E-state index is -3.61. The zero-order chi connectivity index (χ0) is 21.6. The van der Waals surface area contributed by atoms with Gasteiger partial charge in [0.2, 0.25) is 15.9 Å². The van der Waals surface area contributed by atoms with E-state index in [0.717, 1.165) is 5.56 Å². The van der Waals surface area contributed by atoms with E-state index >= 15 is 0 Å². The summed E-state index contributed by atoms with van der Waals surface area (Å²) in [4.78, 5) is 18.3. The molecule has 30 heavy (non-hydrogen) atoms. The molecule has 0 radical (unpaired) electrons. The molecular weight excluding hydrogens is 408 g/mol. The molecule has 162 valence electrons. The molecule has 0 bridgehead atoms. The van der Waals surface area contributed by atoms with Crippen molar-refractivity contribution in [3.8, 4) is 11.6 Å². The molecule has 2 heterocycles. The molecule has 1 aromatic heterocycles. The molecule has 1 fully saturated rings. The van der Waals surface area contributed by atoms with Crippen LogP contribution in [0.3, 0.4) is 0 Å². The summed E-state index contributed by atoms with van der Waals surface area (Å²) in [6, 6.07) is 9.70. The van der Waals surface area contributed by atoms with Crippen LogP contribution in [0.5, 0.6) is 11.6 Å². The second-order valence-electron chi connectivity index (χ2n) is 6.66. The van der Waals surface area contributed by atoms with Gasteiger partial charge in [0.1, 0.15) is 5.75 Å². The minimum Gasteiger partial charge on any atom is -0.494 e. The Morgan fingerprint density at radius 1 is 1.13 bits per heavy atom. The van der Waals surface area contributed by atoms with E-state index in [1.54, 1.807) is 47.5 Å². The molecule has 0 saturated carbocycles. The smallest absolute Gasteiger partial charge is 0.317 e. The van der Waals surface area contributed by atoms with Crippen LogP contribution in [0, 0.1) is 0 Å². The van der Waals surface area contributed by atoms with Gasteiger partial charge in [0, 0.05) is 45.0 Å². The first kappa shape index (κ1) is 21.8. The van der Waals surface area contributed by atoms with Gasteiger partial charge in [-0.25, -0.2) is 18.2 Å². The molecule has 0 aliphatic carbocycles. The summed E-state index contributed by atoms with van der Waals surface area (Å²) in [7, 11) is -2.07. The van der Waals surface area contributed by atoms with Crippen LogP contribution in [0.1, 0.15) is 12.5 Å². The van der Waals surface area contributed by atoms with E-state index in [4.69, 9.17) is 9.47 Å². The van der Waals surface area contributed by atoms with Crippen molar-refractivity contribution in [2.45, 2.75) is 18.4 Å². The van der Waals surface area contributed by atoms with E-state index in [1.165, 1.54) is 11.4 Å². The van der Waals surface area contributed by atoms with Gasteiger partial charge in [-0.15, -0.1) is 0 Å². The van der Waals surface area contributed by atoms with Gasteiger partial charge < -0.3 is 19.7 Å². The molecular formula is C20H26N4O5S. The maximum Gasteiger partial charge on any atom is 0.317 e. The summed E-state index contributed by atoms with van der Waals surface area (Å²) in [6.45, 7) is 3.85. The van der Waals surface area contributed by atoms with Crippen LogP contribution in [0.4, 0.5) is 4.79 Å². The number of aromatic nitrogens is 1. The highest BCUT2D eigenvalue weighted by Gasteiger charge is 2.30. The number of nitrogens with zero attached hydrogens (tertiary/aromatic N) is 3. The maximum absolute atomic E-state index is 12.9.